The predicted molar refractivity (Wildman–Crippen MR) is 60.4 cm³/mol. The Balaban J connectivity index is 1.93. The summed E-state index contributed by atoms with van der Waals surface area (Å²) < 4.78 is 0. The molecule has 2 atom stereocenters. The van der Waals surface area contributed by atoms with E-state index in [0.717, 1.165) is 12.1 Å². The second-order valence-electron chi connectivity index (χ2n) is 5.05. The van der Waals surface area contributed by atoms with Crippen molar-refractivity contribution >= 4 is 11.3 Å². The molecule has 0 bridgehead atoms. The van der Waals surface area contributed by atoms with Gasteiger partial charge in [0.2, 0.25) is 0 Å². The standard InChI is InChI=1S/C11H18N2S/c1-7-6-14-10(13-7)4-9(12)8-5-11(8,2)3/h6,8-9H,4-5,12H2,1-3H3. The fraction of sp³-hybridized carbons (Fsp3) is 0.727. The van der Waals surface area contributed by atoms with Crippen LogP contribution in [0.5, 0.6) is 0 Å². The van der Waals surface area contributed by atoms with Crippen molar-refractivity contribution in [3.63, 3.8) is 0 Å². The molecule has 2 unspecified atom stereocenters. The molecule has 0 saturated heterocycles. The smallest absolute Gasteiger partial charge is 0.0943 e. The van der Waals surface area contributed by atoms with Gasteiger partial charge in [-0.1, -0.05) is 13.8 Å². The van der Waals surface area contributed by atoms with Crippen LogP contribution >= 0.6 is 11.3 Å². The molecule has 0 aliphatic heterocycles. The normalized spacial score (nSPS) is 26.1. The minimum absolute atomic E-state index is 0.301. The molecule has 2 rings (SSSR count). The van der Waals surface area contributed by atoms with E-state index < -0.39 is 0 Å². The van der Waals surface area contributed by atoms with Crippen LogP contribution in [-0.2, 0) is 6.42 Å². The number of aryl methyl sites for hydroxylation is 1. The zero-order valence-electron chi connectivity index (χ0n) is 9.08. The van der Waals surface area contributed by atoms with E-state index in [9.17, 15) is 0 Å². The van der Waals surface area contributed by atoms with Gasteiger partial charge in [-0.3, -0.25) is 0 Å². The van der Waals surface area contributed by atoms with Crippen molar-refractivity contribution < 1.29 is 0 Å². The van der Waals surface area contributed by atoms with Crippen LogP contribution in [0.25, 0.3) is 0 Å². The number of hydrogen-bond donors (Lipinski definition) is 1. The minimum Gasteiger partial charge on any atom is -0.327 e. The molecule has 1 saturated carbocycles. The van der Waals surface area contributed by atoms with Crippen LogP contribution in [0, 0.1) is 18.3 Å². The third-order valence-corrected chi connectivity index (χ3v) is 4.17. The van der Waals surface area contributed by atoms with Crippen LogP contribution in [-0.4, -0.2) is 11.0 Å². The van der Waals surface area contributed by atoms with Crippen LogP contribution < -0.4 is 5.73 Å². The molecule has 2 nitrogen and oxygen atoms in total. The molecule has 0 amide bonds. The third kappa shape index (κ3) is 1.98. The van der Waals surface area contributed by atoms with E-state index >= 15 is 0 Å². The first-order chi connectivity index (χ1) is 6.49. The summed E-state index contributed by atoms with van der Waals surface area (Å²) in [6.45, 7) is 6.63. The molecule has 0 aromatic carbocycles. The molecule has 2 N–H and O–H groups in total. The molecule has 1 aromatic rings. The summed E-state index contributed by atoms with van der Waals surface area (Å²) in [5.41, 5.74) is 7.76. The van der Waals surface area contributed by atoms with Gasteiger partial charge >= 0.3 is 0 Å². The molecule has 1 aliphatic rings. The van der Waals surface area contributed by atoms with Gasteiger partial charge in [-0.2, -0.15) is 0 Å². The van der Waals surface area contributed by atoms with Gasteiger partial charge in [0.1, 0.15) is 0 Å². The lowest BCUT2D eigenvalue weighted by Gasteiger charge is -2.11. The van der Waals surface area contributed by atoms with Crippen LogP contribution in [0.3, 0.4) is 0 Å². The van der Waals surface area contributed by atoms with E-state index in [1.54, 1.807) is 11.3 Å². The van der Waals surface area contributed by atoms with Crippen LogP contribution in [0.4, 0.5) is 0 Å². The number of nitrogens with zero attached hydrogens (tertiary/aromatic N) is 1. The number of rotatable bonds is 3. The number of aromatic nitrogens is 1. The van der Waals surface area contributed by atoms with Crippen molar-refractivity contribution in [3.05, 3.63) is 16.1 Å². The summed E-state index contributed by atoms with van der Waals surface area (Å²) in [4.78, 5) is 4.45. The maximum Gasteiger partial charge on any atom is 0.0943 e. The van der Waals surface area contributed by atoms with Crippen LogP contribution in [0.1, 0.15) is 31.0 Å². The van der Waals surface area contributed by atoms with Gasteiger partial charge < -0.3 is 5.73 Å². The van der Waals surface area contributed by atoms with Gasteiger partial charge in [-0.25, -0.2) is 4.98 Å². The largest absolute Gasteiger partial charge is 0.327 e. The highest BCUT2D eigenvalue weighted by molar-refractivity contribution is 7.09. The van der Waals surface area contributed by atoms with E-state index in [4.69, 9.17) is 5.73 Å². The van der Waals surface area contributed by atoms with Crippen molar-refractivity contribution in [2.24, 2.45) is 17.1 Å². The Hall–Kier alpha value is -0.410. The first-order valence-electron chi connectivity index (χ1n) is 5.15. The molecule has 0 spiro atoms. The molecule has 1 aromatic heterocycles. The first kappa shape index (κ1) is 10.1. The van der Waals surface area contributed by atoms with Gasteiger partial charge in [-0.05, 0) is 24.7 Å². The second kappa shape index (κ2) is 3.31. The van der Waals surface area contributed by atoms with Gasteiger partial charge in [0, 0.05) is 23.5 Å². The lowest BCUT2D eigenvalue weighted by Crippen LogP contribution is -2.27. The van der Waals surface area contributed by atoms with Crippen LogP contribution in [0.2, 0.25) is 0 Å². The lowest BCUT2D eigenvalue weighted by molar-refractivity contribution is 0.476. The van der Waals surface area contributed by atoms with E-state index in [2.05, 4.69) is 24.2 Å². The van der Waals surface area contributed by atoms with E-state index in [0.29, 0.717) is 17.4 Å². The predicted octanol–water partition coefficient (Wildman–Crippen LogP) is 2.37. The fourth-order valence-electron chi connectivity index (χ4n) is 2.08. The van der Waals surface area contributed by atoms with Gasteiger partial charge in [0.05, 0.1) is 5.01 Å². The summed E-state index contributed by atoms with van der Waals surface area (Å²) in [7, 11) is 0. The number of nitrogens with two attached hydrogens (primary N) is 1. The number of hydrogen-bond acceptors (Lipinski definition) is 3. The van der Waals surface area contributed by atoms with Gasteiger partial charge in [0.15, 0.2) is 0 Å². The van der Waals surface area contributed by atoms with Crippen LogP contribution in [0.15, 0.2) is 5.38 Å². The minimum atomic E-state index is 0.301. The Bertz CT molecular complexity index is 330. The Morgan fingerprint density at radius 2 is 2.36 bits per heavy atom. The summed E-state index contributed by atoms with van der Waals surface area (Å²) in [5.74, 6) is 0.701. The molecular weight excluding hydrogens is 192 g/mol. The fourth-order valence-corrected chi connectivity index (χ4v) is 2.92. The molecule has 1 fully saturated rings. The van der Waals surface area contributed by atoms with Crippen molar-refractivity contribution in [2.45, 2.75) is 39.7 Å². The average Bonchev–Trinajstić information content (AvgIpc) is 2.51. The zero-order chi connectivity index (χ0) is 10.3. The Kier molecular flexibility index (Phi) is 2.40. The summed E-state index contributed by atoms with van der Waals surface area (Å²) in [5, 5.41) is 3.29. The van der Waals surface area contributed by atoms with Gasteiger partial charge in [-0.15, -0.1) is 11.3 Å². The third-order valence-electron chi connectivity index (χ3n) is 3.18. The second-order valence-corrected chi connectivity index (χ2v) is 5.99. The Morgan fingerprint density at radius 3 is 2.79 bits per heavy atom. The Morgan fingerprint density at radius 1 is 1.71 bits per heavy atom. The van der Waals surface area contributed by atoms with Gasteiger partial charge in [0.25, 0.3) is 0 Å². The first-order valence-corrected chi connectivity index (χ1v) is 6.03. The maximum atomic E-state index is 6.16. The van der Waals surface area contributed by atoms with Crippen molar-refractivity contribution in [1.29, 1.82) is 0 Å². The molecule has 1 heterocycles. The zero-order valence-corrected chi connectivity index (χ0v) is 9.90. The highest BCUT2D eigenvalue weighted by Crippen LogP contribution is 2.53. The summed E-state index contributed by atoms with van der Waals surface area (Å²) in [6, 6.07) is 0.301. The molecule has 0 radical (unpaired) electrons. The van der Waals surface area contributed by atoms with Crippen molar-refractivity contribution in [1.82, 2.24) is 4.98 Å². The molecule has 1 aliphatic carbocycles. The SMILES string of the molecule is Cc1csc(CC(N)C2CC2(C)C)n1. The Labute approximate surface area is 89.5 Å². The number of thiazole rings is 1. The molecule has 14 heavy (non-hydrogen) atoms. The molecule has 78 valence electrons. The quantitative estimate of drug-likeness (QED) is 0.832. The maximum absolute atomic E-state index is 6.16. The van der Waals surface area contributed by atoms with E-state index in [1.807, 2.05) is 6.92 Å². The molecular formula is C11H18N2S. The highest BCUT2D eigenvalue weighted by Gasteiger charge is 2.48. The van der Waals surface area contributed by atoms with E-state index in [1.165, 1.54) is 11.4 Å². The van der Waals surface area contributed by atoms with Crippen molar-refractivity contribution in [2.75, 3.05) is 0 Å². The van der Waals surface area contributed by atoms with Crippen molar-refractivity contribution in [3.8, 4) is 0 Å². The molecule has 3 heteroatoms. The monoisotopic (exact) mass is 210 g/mol. The van der Waals surface area contributed by atoms with E-state index in [-0.39, 0.29) is 0 Å². The summed E-state index contributed by atoms with van der Waals surface area (Å²) in [6.07, 6.45) is 2.23. The average molecular weight is 210 g/mol. The highest BCUT2D eigenvalue weighted by atomic mass is 32.1. The summed E-state index contributed by atoms with van der Waals surface area (Å²) >= 11 is 1.73. The topological polar surface area (TPSA) is 38.9 Å². The lowest BCUT2D eigenvalue weighted by atomic mass is 10.0.